The topological polar surface area (TPSA) is 35.0 Å². The van der Waals surface area contributed by atoms with Gasteiger partial charge in [-0.15, -0.1) is 0 Å². The van der Waals surface area contributed by atoms with E-state index in [1.807, 2.05) is 0 Å². The summed E-state index contributed by atoms with van der Waals surface area (Å²) in [5.74, 6) is 0.655. The van der Waals surface area contributed by atoms with Gasteiger partial charge < -0.3 is 4.74 Å². The summed E-state index contributed by atoms with van der Waals surface area (Å²) in [5, 5.41) is 0. The highest BCUT2D eigenvalue weighted by Crippen LogP contribution is 2.39. The van der Waals surface area contributed by atoms with E-state index in [9.17, 15) is 0 Å². The Bertz CT molecular complexity index is 578. The van der Waals surface area contributed by atoms with Crippen molar-refractivity contribution in [1.82, 2.24) is 9.97 Å². The van der Waals surface area contributed by atoms with Gasteiger partial charge in [-0.05, 0) is 37.5 Å². The molecule has 1 aliphatic rings. The Morgan fingerprint density at radius 2 is 2.05 bits per heavy atom. The van der Waals surface area contributed by atoms with E-state index in [1.54, 1.807) is 13.4 Å². The first-order chi connectivity index (χ1) is 9.28. The van der Waals surface area contributed by atoms with E-state index in [1.165, 1.54) is 24.1 Å². The van der Waals surface area contributed by atoms with Crippen molar-refractivity contribution in [3.8, 4) is 11.3 Å². The number of methoxy groups -OCH3 is 1. The van der Waals surface area contributed by atoms with E-state index in [2.05, 4.69) is 47.2 Å². The molecule has 1 aliphatic carbocycles. The number of ether oxygens (including phenoxy) is 1. The van der Waals surface area contributed by atoms with E-state index in [-0.39, 0.29) is 6.10 Å². The fourth-order valence-electron chi connectivity index (χ4n) is 2.22. The van der Waals surface area contributed by atoms with Crippen molar-refractivity contribution in [3.63, 3.8) is 0 Å². The molecule has 3 heteroatoms. The van der Waals surface area contributed by atoms with Crippen molar-refractivity contribution < 1.29 is 4.74 Å². The Morgan fingerprint density at radius 3 is 2.79 bits per heavy atom. The summed E-state index contributed by atoms with van der Waals surface area (Å²) < 4.78 is 5.37. The molecule has 0 amide bonds. The van der Waals surface area contributed by atoms with E-state index in [0.717, 1.165) is 11.3 Å². The standard InChI is InChI=1S/C16H18N2O/c1-11(19-2)13-4-3-5-14(8-13)16-9-15(12-6-7-12)17-10-18-16/h3-5,8-12H,6-7H2,1-2H3/t11-/m1/s1. The summed E-state index contributed by atoms with van der Waals surface area (Å²) in [4.78, 5) is 8.76. The smallest absolute Gasteiger partial charge is 0.116 e. The Balaban J connectivity index is 1.94. The van der Waals surface area contributed by atoms with Crippen molar-refractivity contribution in [1.29, 1.82) is 0 Å². The van der Waals surface area contributed by atoms with Crippen LogP contribution >= 0.6 is 0 Å². The lowest BCUT2D eigenvalue weighted by atomic mass is 10.0. The number of hydrogen-bond donors (Lipinski definition) is 0. The van der Waals surface area contributed by atoms with Crippen molar-refractivity contribution in [2.45, 2.75) is 31.8 Å². The summed E-state index contributed by atoms with van der Waals surface area (Å²) in [7, 11) is 1.73. The van der Waals surface area contributed by atoms with E-state index in [0.29, 0.717) is 5.92 Å². The normalized spacial score (nSPS) is 16.3. The highest BCUT2D eigenvalue weighted by Gasteiger charge is 2.25. The summed E-state index contributed by atoms with van der Waals surface area (Å²) in [6.45, 7) is 2.05. The second-order valence-electron chi connectivity index (χ2n) is 5.11. The molecule has 3 nitrogen and oxygen atoms in total. The SMILES string of the molecule is CO[C@H](C)c1cccc(-c2cc(C3CC3)ncn2)c1. The fraction of sp³-hybridized carbons (Fsp3) is 0.375. The molecule has 0 radical (unpaired) electrons. The van der Waals surface area contributed by atoms with Crippen LogP contribution in [-0.4, -0.2) is 17.1 Å². The summed E-state index contributed by atoms with van der Waals surface area (Å²) >= 11 is 0. The van der Waals surface area contributed by atoms with E-state index < -0.39 is 0 Å². The van der Waals surface area contributed by atoms with E-state index >= 15 is 0 Å². The Kier molecular flexibility index (Phi) is 3.30. The van der Waals surface area contributed by atoms with Crippen LogP contribution in [0.25, 0.3) is 11.3 Å². The summed E-state index contributed by atoms with van der Waals surface area (Å²) in [5.41, 5.74) is 4.48. The maximum atomic E-state index is 5.37. The molecule has 19 heavy (non-hydrogen) atoms. The number of benzene rings is 1. The van der Waals surface area contributed by atoms with Gasteiger partial charge in [-0.1, -0.05) is 18.2 Å². The third-order valence-corrected chi connectivity index (χ3v) is 3.69. The lowest BCUT2D eigenvalue weighted by molar-refractivity contribution is 0.119. The maximum Gasteiger partial charge on any atom is 0.116 e. The van der Waals surface area contributed by atoms with Crippen molar-refractivity contribution in [3.05, 3.63) is 47.9 Å². The van der Waals surface area contributed by atoms with Gasteiger partial charge in [-0.3, -0.25) is 0 Å². The molecule has 0 spiro atoms. The zero-order valence-electron chi connectivity index (χ0n) is 11.3. The third-order valence-electron chi connectivity index (χ3n) is 3.69. The van der Waals surface area contributed by atoms with Crippen LogP contribution in [0.3, 0.4) is 0 Å². The molecule has 0 aliphatic heterocycles. The van der Waals surface area contributed by atoms with Crippen molar-refractivity contribution >= 4 is 0 Å². The first-order valence-corrected chi connectivity index (χ1v) is 6.73. The average Bonchev–Trinajstić information content (AvgIpc) is 3.31. The van der Waals surface area contributed by atoms with Gasteiger partial charge in [-0.25, -0.2) is 9.97 Å². The number of rotatable bonds is 4. The molecule has 1 atom stereocenters. The monoisotopic (exact) mass is 254 g/mol. The first-order valence-electron chi connectivity index (χ1n) is 6.73. The van der Waals surface area contributed by atoms with Gasteiger partial charge in [0.25, 0.3) is 0 Å². The minimum Gasteiger partial charge on any atom is -0.377 e. The van der Waals surface area contributed by atoms with Gasteiger partial charge in [0, 0.05) is 24.3 Å². The number of aromatic nitrogens is 2. The van der Waals surface area contributed by atoms with Crippen LogP contribution in [0, 0.1) is 0 Å². The van der Waals surface area contributed by atoms with Crippen molar-refractivity contribution in [2.75, 3.05) is 7.11 Å². The molecule has 0 unspecified atom stereocenters. The van der Waals surface area contributed by atoms with Crippen LogP contribution in [0.2, 0.25) is 0 Å². The highest BCUT2D eigenvalue weighted by molar-refractivity contribution is 5.60. The number of hydrogen-bond acceptors (Lipinski definition) is 3. The molecule has 0 N–H and O–H groups in total. The lowest BCUT2D eigenvalue weighted by Gasteiger charge is -2.11. The molecule has 1 fully saturated rings. The van der Waals surface area contributed by atoms with Crippen LogP contribution in [0.1, 0.15) is 43.0 Å². The predicted octanol–water partition coefficient (Wildman–Crippen LogP) is 3.73. The van der Waals surface area contributed by atoms with Crippen LogP contribution in [0.5, 0.6) is 0 Å². The minimum atomic E-state index is 0.102. The average molecular weight is 254 g/mol. The molecule has 2 aromatic rings. The van der Waals surface area contributed by atoms with Crippen molar-refractivity contribution in [2.24, 2.45) is 0 Å². The molecular weight excluding hydrogens is 236 g/mol. The third kappa shape index (κ3) is 2.66. The summed E-state index contributed by atoms with van der Waals surface area (Å²) in [6, 6.07) is 10.5. The van der Waals surface area contributed by atoms with Gasteiger partial charge in [0.2, 0.25) is 0 Å². The first kappa shape index (κ1) is 12.3. The predicted molar refractivity (Wildman–Crippen MR) is 74.9 cm³/mol. The fourth-order valence-corrected chi connectivity index (χ4v) is 2.22. The lowest BCUT2D eigenvalue weighted by Crippen LogP contribution is -1.96. The van der Waals surface area contributed by atoms with Gasteiger partial charge in [0.05, 0.1) is 11.8 Å². The Hall–Kier alpha value is -1.74. The maximum absolute atomic E-state index is 5.37. The molecule has 1 saturated carbocycles. The molecule has 1 heterocycles. The summed E-state index contributed by atoms with van der Waals surface area (Å²) in [6.07, 6.45) is 4.30. The quantitative estimate of drug-likeness (QED) is 0.834. The highest BCUT2D eigenvalue weighted by atomic mass is 16.5. The molecule has 98 valence electrons. The molecule has 0 bridgehead atoms. The van der Waals surface area contributed by atoms with Crippen LogP contribution in [-0.2, 0) is 4.74 Å². The minimum absolute atomic E-state index is 0.102. The van der Waals surface area contributed by atoms with Gasteiger partial charge >= 0.3 is 0 Å². The van der Waals surface area contributed by atoms with Gasteiger partial charge in [0.15, 0.2) is 0 Å². The Morgan fingerprint density at radius 1 is 1.21 bits per heavy atom. The second kappa shape index (κ2) is 5.10. The Labute approximate surface area is 113 Å². The number of nitrogens with zero attached hydrogens (tertiary/aromatic N) is 2. The second-order valence-corrected chi connectivity index (χ2v) is 5.11. The zero-order valence-corrected chi connectivity index (χ0v) is 11.3. The molecule has 1 aromatic heterocycles. The van der Waals surface area contributed by atoms with Crippen LogP contribution in [0.15, 0.2) is 36.7 Å². The molecular formula is C16H18N2O. The van der Waals surface area contributed by atoms with Gasteiger partial charge in [0.1, 0.15) is 6.33 Å². The molecule has 3 rings (SSSR count). The molecule has 1 aromatic carbocycles. The van der Waals surface area contributed by atoms with E-state index in [4.69, 9.17) is 4.74 Å². The largest absolute Gasteiger partial charge is 0.377 e. The molecule has 0 saturated heterocycles. The van der Waals surface area contributed by atoms with Crippen LogP contribution < -0.4 is 0 Å². The van der Waals surface area contributed by atoms with Gasteiger partial charge in [-0.2, -0.15) is 0 Å². The zero-order chi connectivity index (χ0) is 13.2. The van der Waals surface area contributed by atoms with Crippen LogP contribution in [0.4, 0.5) is 0 Å².